The zero-order chi connectivity index (χ0) is 16.9. The van der Waals surface area contributed by atoms with Gasteiger partial charge in [-0.15, -0.1) is 38.0 Å². The zero-order valence-corrected chi connectivity index (χ0v) is 15.6. The minimum absolute atomic E-state index is 0. The van der Waals surface area contributed by atoms with Crippen LogP contribution in [0.4, 0.5) is 17.6 Å². The molecule has 146 valence electrons. The molecule has 0 amide bonds. The van der Waals surface area contributed by atoms with E-state index in [4.69, 9.17) is 0 Å². The Bertz CT molecular complexity index is 511. The lowest BCUT2D eigenvalue weighted by molar-refractivity contribution is -0.275. The fourth-order valence-corrected chi connectivity index (χ4v) is 2.88. The van der Waals surface area contributed by atoms with Crippen LogP contribution in [0, 0.1) is 5.82 Å². The Morgan fingerprint density at radius 3 is 2.36 bits per heavy atom. The Labute approximate surface area is 157 Å². The molecule has 0 aromatic heterocycles. The van der Waals surface area contributed by atoms with Crippen molar-refractivity contribution in [3.8, 4) is 5.75 Å². The Morgan fingerprint density at radius 2 is 1.84 bits per heavy atom. The second-order valence-corrected chi connectivity index (χ2v) is 5.68. The molecule has 1 aromatic rings. The number of nitrogens with one attached hydrogen (secondary N) is 1. The summed E-state index contributed by atoms with van der Waals surface area (Å²) in [5.74, 6) is -1.76. The average molecular weight is 407 g/mol. The van der Waals surface area contributed by atoms with Gasteiger partial charge in [-0.25, -0.2) is 4.39 Å². The number of rotatable bonds is 6. The monoisotopic (exact) mass is 406 g/mol. The van der Waals surface area contributed by atoms with Crippen LogP contribution in [-0.2, 0) is 0 Å². The van der Waals surface area contributed by atoms with Crippen molar-refractivity contribution in [2.24, 2.45) is 0 Å². The summed E-state index contributed by atoms with van der Waals surface area (Å²) in [5.41, 5.74) is 0.701. The van der Waals surface area contributed by atoms with Crippen molar-refractivity contribution in [3.63, 3.8) is 0 Å². The highest BCUT2D eigenvalue weighted by molar-refractivity contribution is 5.85. The fourth-order valence-electron chi connectivity index (χ4n) is 2.88. The highest BCUT2D eigenvalue weighted by Gasteiger charge is 2.32. The lowest BCUT2D eigenvalue weighted by Gasteiger charge is -2.35. The van der Waals surface area contributed by atoms with Crippen LogP contribution >= 0.6 is 24.8 Å². The minimum Gasteiger partial charge on any atom is -0.403 e. The summed E-state index contributed by atoms with van der Waals surface area (Å²) < 4.78 is 54.4. The summed E-state index contributed by atoms with van der Waals surface area (Å²) in [6.07, 6.45) is -2.03. The van der Waals surface area contributed by atoms with E-state index in [1.54, 1.807) is 0 Å². The van der Waals surface area contributed by atoms with Gasteiger partial charge in [-0.2, -0.15) is 0 Å². The number of piperazine rings is 1. The number of alkyl halides is 3. The van der Waals surface area contributed by atoms with Crippen LogP contribution in [0.2, 0.25) is 0 Å². The number of hydrogen-bond donors (Lipinski definition) is 1. The number of halogens is 6. The van der Waals surface area contributed by atoms with Crippen LogP contribution in [0.1, 0.15) is 37.8 Å². The molecule has 9 heteroatoms. The Hall–Kier alpha value is -0.760. The maximum atomic E-state index is 14.0. The fraction of sp³-hybridized carbons (Fsp3) is 0.625. The maximum Gasteiger partial charge on any atom is 0.573 e. The van der Waals surface area contributed by atoms with E-state index in [1.807, 2.05) is 0 Å². The predicted molar refractivity (Wildman–Crippen MR) is 94.3 cm³/mol. The van der Waals surface area contributed by atoms with Crippen molar-refractivity contribution in [3.05, 3.63) is 29.6 Å². The van der Waals surface area contributed by atoms with Crippen molar-refractivity contribution in [1.29, 1.82) is 0 Å². The van der Waals surface area contributed by atoms with E-state index in [-0.39, 0.29) is 30.9 Å². The van der Waals surface area contributed by atoms with Gasteiger partial charge in [-0.05, 0) is 24.1 Å². The van der Waals surface area contributed by atoms with Gasteiger partial charge >= 0.3 is 6.36 Å². The first-order valence-corrected chi connectivity index (χ1v) is 7.90. The summed E-state index contributed by atoms with van der Waals surface area (Å²) in [6, 6.07) is 3.79. The van der Waals surface area contributed by atoms with E-state index >= 15 is 0 Å². The van der Waals surface area contributed by atoms with Gasteiger partial charge in [0.05, 0.1) is 0 Å². The first-order chi connectivity index (χ1) is 10.9. The molecule has 1 aromatic carbocycles. The van der Waals surface area contributed by atoms with Crippen molar-refractivity contribution < 1.29 is 22.3 Å². The summed E-state index contributed by atoms with van der Waals surface area (Å²) in [4.78, 5) is 2.26. The molecule has 0 spiro atoms. The first-order valence-electron chi connectivity index (χ1n) is 7.90. The van der Waals surface area contributed by atoms with Gasteiger partial charge in [0.25, 0.3) is 0 Å². The smallest absolute Gasteiger partial charge is 0.403 e. The van der Waals surface area contributed by atoms with Crippen LogP contribution in [0.15, 0.2) is 18.2 Å². The van der Waals surface area contributed by atoms with Gasteiger partial charge in [-0.3, -0.25) is 4.90 Å². The molecule has 25 heavy (non-hydrogen) atoms. The van der Waals surface area contributed by atoms with Crippen LogP contribution in [-0.4, -0.2) is 37.4 Å². The second kappa shape index (κ2) is 11.1. The Kier molecular flexibility index (Phi) is 10.7. The third-order valence-corrected chi connectivity index (χ3v) is 3.99. The Morgan fingerprint density at radius 1 is 1.20 bits per heavy atom. The highest BCUT2D eigenvalue weighted by atomic mass is 35.5. The summed E-state index contributed by atoms with van der Waals surface area (Å²) in [6.45, 7) is 5.49. The summed E-state index contributed by atoms with van der Waals surface area (Å²) in [7, 11) is 0. The molecule has 0 radical (unpaired) electrons. The summed E-state index contributed by atoms with van der Waals surface area (Å²) in [5, 5.41) is 3.26. The molecule has 0 unspecified atom stereocenters. The van der Waals surface area contributed by atoms with E-state index in [0.29, 0.717) is 5.56 Å². The standard InChI is InChI=1S/C16H22F4N2O.2ClH/c1-2-3-4-14(22-9-7-21-8-10-22)12-5-6-15(13(17)11-12)23-16(18,19)20;;/h5-6,11,14,21H,2-4,7-10H2,1H3;2*1H/t14-;;/m0../s1. The first kappa shape index (κ1) is 24.2. The molecule has 3 nitrogen and oxygen atoms in total. The molecule has 1 fully saturated rings. The normalized spacial score (nSPS) is 16.5. The van der Waals surface area contributed by atoms with Crippen molar-refractivity contribution in [2.45, 2.75) is 38.6 Å². The number of hydrogen-bond acceptors (Lipinski definition) is 3. The van der Waals surface area contributed by atoms with Crippen LogP contribution in [0.25, 0.3) is 0 Å². The van der Waals surface area contributed by atoms with E-state index < -0.39 is 17.9 Å². The lowest BCUT2D eigenvalue weighted by Crippen LogP contribution is -2.45. The largest absolute Gasteiger partial charge is 0.573 e. The van der Waals surface area contributed by atoms with Crippen molar-refractivity contribution in [2.75, 3.05) is 26.2 Å². The minimum atomic E-state index is -4.89. The van der Waals surface area contributed by atoms with E-state index in [9.17, 15) is 17.6 Å². The van der Waals surface area contributed by atoms with E-state index in [1.165, 1.54) is 12.1 Å². The predicted octanol–water partition coefficient (Wildman–Crippen LogP) is 4.70. The number of ether oxygens (including phenoxy) is 1. The maximum absolute atomic E-state index is 14.0. The number of unbranched alkanes of at least 4 members (excludes halogenated alkanes) is 1. The molecule has 0 bridgehead atoms. The van der Waals surface area contributed by atoms with Gasteiger partial charge in [-0.1, -0.05) is 25.8 Å². The molecule has 2 rings (SSSR count). The van der Waals surface area contributed by atoms with Gasteiger partial charge in [0.1, 0.15) is 0 Å². The van der Waals surface area contributed by atoms with E-state index in [0.717, 1.165) is 51.5 Å². The van der Waals surface area contributed by atoms with Crippen molar-refractivity contribution >= 4 is 24.8 Å². The molecule has 0 aliphatic carbocycles. The van der Waals surface area contributed by atoms with E-state index in [2.05, 4.69) is 21.9 Å². The molecule has 0 saturated carbocycles. The van der Waals surface area contributed by atoms with Gasteiger partial charge < -0.3 is 10.1 Å². The molecule has 1 aliphatic rings. The SMILES string of the molecule is CCCC[C@@H](c1ccc(OC(F)(F)F)c(F)c1)N1CCNCC1.Cl.Cl. The molecular weight excluding hydrogens is 383 g/mol. The zero-order valence-electron chi connectivity index (χ0n) is 13.9. The van der Waals surface area contributed by atoms with Crippen molar-refractivity contribution in [1.82, 2.24) is 10.2 Å². The molecule has 1 heterocycles. The average Bonchev–Trinajstić information content (AvgIpc) is 2.50. The highest BCUT2D eigenvalue weighted by Crippen LogP contribution is 2.32. The van der Waals surface area contributed by atoms with Crippen LogP contribution in [0.5, 0.6) is 5.75 Å². The van der Waals surface area contributed by atoms with Gasteiger partial charge in [0.2, 0.25) is 0 Å². The summed E-state index contributed by atoms with van der Waals surface area (Å²) >= 11 is 0. The number of nitrogens with zero attached hydrogens (tertiary/aromatic N) is 1. The molecular formula is C16H24Cl2F4N2O. The second-order valence-electron chi connectivity index (χ2n) is 5.68. The third kappa shape index (κ3) is 7.56. The van der Waals surface area contributed by atoms with Crippen LogP contribution < -0.4 is 10.1 Å². The molecule has 1 aliphatic heterocycles. The molecule has 1 saturated heterocycles. The number of benzene rings is 1. The van der Waals surface area contributed by atoms with Gasteiger partial charge in [0.15, 0.2) is 11.6 Å². The molecule has 1 N–H and O–H groups in total. The topological polar surface area (TPSA) is 24.5 Å². The molecule has 1 atom stereocenters. The van der Waals surface area contributed by atoms with Gasteiger partial charge in [0, 0.05) is 32.2 Å². The Balaban J connectivity index is 0.00000288. The quantitative estimate of drug-likeness (QED) is 0.692. The third-order valence-electron chi connectivity index (χ3n) is 3.99. The van der Waals surface area contributed by atoms with Crippen LogP contribution in [0.3, 0.4) is 0 Å². The lowest BCUT2D eigenvalue weighted by atomic mass is 9.98.